The van der Waals surface area contributed by atoms with E-state index in [0.29, 0.717) is 6.61 Å². The Kier molecular flexibility index (Phi) is 4.25. The molecule has 0 saturated carbocycles. The van der Waals surface area contributed by atoms with Gasteiger partial charge in [-0.25, -0.2) is 4.98 Å². The molecule has 1 aliphatic rings. The molecule has 1 aliphatic carbocycles. The van der Waals surface area contributed by atoms with E-state index in [1.54, 1.807) is 7.11 Å². The molecule has 0 aliphatic heterocycles. The van der Waals surface area contributed by atoms with Gasteiger partial charge in [0, 0.05) is 19.9 Å². The Balaban J connectivity index is 1.96. The van der Waals surface area contributed by atoms with Gasteiger partial charge in [0.1, 0.15) is 0 Å². The zero-order valence-corrected chi connectivity index (χ0v) is 12.9. The van der Waals surface area contributed by atoms with Crippen LogP contribution in [0.3, 0.4) is 0 Å². The van der Waals surface area contributed by atoms with Gasteiger partial charge in [-0.05, 0) is 49.8 Å². The minimum absolute atomic E-state index is 0.679. The number of aromatic nitrogens is 2. The summed E-state index contributed by atoms with van der Waals surface area (Å²) in [6.45, 7) is 3.48. The van der Waals surface area contributed by atoms with Crippen LogP contribution < -0.4 is 5.32 Å². The number of imidazole rings is 1. The zero-order chi connectivity index (χ0) is 14.7. The zero-order valence-electron chi connectivity index (χ0n) is 12.9. The predicted octanol–water partition coefficient (Wildman–Crippen LogP) is 3.12. The van der Waals surface area contributed by atoms with Gasteiger partial charge in [0.05, 0.1) is 18.0 Å². The first-order chi connectivity index (χ1) is 10.3. The van der Waals surface area contributed by atoms with Crippen LogP contribution >= 0.6 is 0 Å². The highest BCUT2D eigenvalue weighted by Crippen LogP contribution is 2.28. The molecule has 0 radical (unpaired) electrons. The van der Waals surface area contributed by atoms with E-state index in [2.05, 4.69) is 39.3 Å². The van der Waals surface area contributed by atoms with E-state index in [9.17, 15) is 0 Å². The molecule has 0 bridgehead atoms. The lowest BCUT2D eigenvalue weighted by molar-refractivity contribution is 0.210. The van der Waals surface area contributed by atoms with E-state index in [0.717, 1.165) is 18.2 Å². The summed E-state index contributed by atoms with van der Waals surface area (Å²) >= 11 is 0. The number of anilines is 1. The number of nitrogens with one attached hydrogen (secondary N) is 1. The summed E-state index contributed by atoms with van der Waals surface area (Å²) in [5.41, 5.74) is 5.28. The van der Waals surface area contributed by atoms with E-state index in [1.807, 2.05) is 6.92 Å². The standard InChI is InChI=1S/C17H23N3O/c1-13-12-20(17(19-13)18-10-11-21-2)16-9-5-7-14-6-3-4-8-15(14)16/h5,7,9,12H,3-4,6,8,10-11H2,1-2H3,(H,18,19). The first-order valence-electron chi connectivity index (χ1n) is 7.69. The summed E-state index contributed by atoms with van der Waals surface area (Å²) in [5, 5.41) is 3.37. The fourth-order valence-corrected chi connectivity index (χ4v) is 3.06. The quantitative estimate of drug-likeness (QED) is 0.858. The number of benzene rings is 1. The lowest BCUT2D eigenvalue weighted by Gasteiger charge is -2.20. The van der Waals surface area contributed by atoms with Crippen LogP contribution in [0.1, 0.15) is 29.7 Å². The molecule has 0 atom stereocenters. The van der Waals surface area contributed by atoms with Crippen LogP contribution in [0.4, 0.5) is 5.95 Å². The highest BCUT2D eigenvalue weighted by molar-refractivity contribution is 5.52. The molecule has 4 nitrogen and oxygen atoms in total. The van der Waals surface area contributed by atoms with Gasteiger partial charge in [-0.2, -0.15) is 0 Å². The van der Waals surface area contributed by atoms with Crippen molar-refractivity contribution in [3.05, 3.63) is 41.2 Å². The third kappa shape index (κ3) is 2.95. The molecule has 1 aromatic carbocycles. The molecule has 0 fully saturated rings. The average molecular weight is 285 g/mol. The van der Waals surface area contributed by atoms with Crippen molar-refractivity contribution in [2.75, 3.05) is 25.6 Å². The SMILES string of the molecule is COCCNc1nc(C)cn1-c1cccc2c1CCCC2. The molecule has 0 amide bonds. The predicted molar refractivity (Wildman–Crippen MR) is 85.3 cm³/mol. The minimum Gasteiger partial charge on any atom is -0.383 e. The number of fused-ring (bicyclic) bond motifs is 1. The van der Waals surface area contributed by atoms with Gasteiger partial charge in [0.2, 0.25) is 5.95 Å². The Labute approximate surface area is 126 Å². The van der Waals surface area contributed by atoms with Crippen LogP contribution in [0.15, 0.2) is 24.4 Å². The first kappa shape index (κ1) is 14.1. The molecule has 4 heteroatoms. The molecular formula is C17H23N3O. The Morgan fingerprint density at radius 3 is 3.00 bits per heavy atom. The monoisotopic (exact) mass is 285 g/mol. The van der Waals surface area contributed by atoms with E-state index >= 15 is 0 Å². The van der Waals surface area contributed by atoms with Gasteiger partial charge >= 0.3 is 0 Å². The average Bonchev–Trinajstić information content (AvgIpc) is 2.88. The smallest absolute Gasteiger partial charge is 0.207 e. The van der Waals surface area contributed by atoms with Gasteiger partial charge in [-0.15, -0.1) is 0 Å². The second-order valence-corrected chi connectivity index (χ2v) is 5.62. The number of hydrogen-bond acceptors (Lipinski definition) is 3. The molecule has 1 aromatic heterocycles. The van der Waals surface area contributed by atoms with Crippen molar-refractivity contribution in [1.82, 2.24) is 9.55 Å². The van der Waals surface area contributed by atoms with Crippen LogP contribution in [-0.2, 0) is 17.6 Å². The molecule has 0 spiro atoms. The summed E-state index contributed by atoms with van der Waals surface area (Å²) in [5.74, 6) is 0.906. The second-order valence-electron chi connectivity index (χ2n) is 5.62. The van der Waals surface area contributed by atoms with Gasteiger partial charge in [-0.3, -0.25) is 4.57 Å². The molecule has 1 N–H and O–H groups in total. The molecular weight excluding hydrogens is 262 g/mol. The number of rotatable bonds is 5. The Hall–Kier alpha value is -1.81. The first-order valence-corrected chi connectivity index (χ1v) is 7.69. The Morgan fingerprint density at radius 2 is 2.14 bits per heavy atom. The summed E-state index contributed by atoms with van der Waals surface area (Å²) in [4.78, 5) is 4.60. The van der Waals surface area contributed by atoms with E-state index in [4.69, 9.17) is 4.74 Å². The molecule has 3 rings (SSSR count). The fraction of sp³-hybridized carbons (Fsp3) is 0.471. The van der Waals surface area contributed by atoms with Crippen LogP contribution in [0.5, 0.6) is 0 Å². The van der Waals surface area contributed by atoms with Gasteiger partial charge in [0.25, 0.3) is 0 Å². The highest BCUT2D eigenvalue weighted by Gasteiger charge is 2.16. The lowest BCUT2D eigenvalue weighted by atomic mass is 9.90. The molecule has 0 saturated heterocycles. The van der Waals surface area contributed by atoms with Gasteiger partial charge in [-0.1, -0.05) is 12.1 Å². The highest BCUT2D eigenvalue weighted by atomic mass is 16.5. The van der Waals surface area contributed by atoms with Crippen molar-refractivity contribution in [1.29, 1.82) is 0 Å². The topological polar surface area (TPSA) is 39.1 Å². The minimum atomic E-state index is 0.679. The second kappa shape index (κ2) is 6.31. The number of methoxy groups -OCH3 is 1. The van der Waals surface area contributed by atoms with Crippen LogP contribution in [0.25, 0.3) is 5.69 Å². The van der Waals surface area contributed by atoms with Crippen molar-refractivity contribution in [3.63, 3.8) is 0 Å². The van der Waals surface area contributed by atoms with Gasteiger partial charge in [0.15, 0.2) is 0 Å². The molecule has 1 heterocycles. The molecule has 21 heavy (non-hydrogen) atoms. The molecule has 112 valence electrons. The van der Waals surface area contributed by atoms with Crippen LogP contribution in [0, 0.1) is 6.92 Å². The summed E-state index contributed by atoms with van der Waals surface area (Å²) in [6, 6.07) is 6.63. The van der Waals surface area contributed by atoms with Crippen molar-refractivity contribution in [3.8, 4) is 5.69 Å². The van der Waals surface area contributed by atoms with Crippen LogP contribution in [0.2, 0.25) is 0 Å². The maximum absolute atomic E-state index is 5.11. The third-order valence-electron chi connectivity index (χ3n) is 4.05. The maximum Gasteiger partial charge on any atom is 0.207 e. The van der Waals surface area contributed by atoms with Crippen molar-refractivity contribution in [2.45, 2.75) is 32.6 Å². The van der Waals surface area contributed by atoms with E-state index in [-0.39, 0.29) is 0 Å². The van der Waals surface area contributed by atoms with Gasteiger partial charge < -0.3 is 10.1 Å². The van der Waals surface area contributed by atoms with E-state index in [1.165, 1.54) is 42.5 Å². The molecule has 0 unspecified atom stereocenters. The number of ether oxygens (including phenoxy) is 1. The summed E-state index contributed by atoms with van der Waals surface area (Å²) < 4.78 is 7.30. The molecule has 2 aromatic rings. The fourth-order valence-electron chi connectivity index (χ4n) is 3.06. The maximum atomic E-state index is 5.11. The summed E-state index contributed by atoms with van der Waals surface area (Å²) in [6.07, 6.45) is 7.06. The largest absolute Gasteiger partial charge is 0.383 e. The third-order valence-corrected chi connectivity index (χ3v) is 4.05. The summed E-state index contributed by atoms with van der Waals surface area (Å²) in [7, 11) is 1.72. The number of hydrogen-bond donors (Lipinski definition) is 1. The Bertz CT molecular complexity index is 618. The van der Waals surface area contributed by atoms with Crippen molar-refractivity contribution < 1.29 is 4.74 Å². The lowest BCUT2D eigenvalue weighted by Crippen LogP contribution is -2.13. The normalized spacial score (nSPS) is 14.0. The van der Waals surface area contributed by atoms with E-state index < -0.39 is 0 Å². The number of nitrogens with zero attached hydrogens (tertiary/aromatic N) is 2. The number of aryl methyl sites for hydroxylation is 2. The van der Waals surface area contributed by atoms with Crippen molar-refractivity contribution >= 4 is 5.95 Å². The van der Waals surface area contributed by atoms with Crippen LogP contribution in [-0.4, -0.2) is 29.8 Å². The van der Waals surface area contributed by atoms with Crippen molar-refractivity contribution in [2.24, 2.45) is 0 Å². The Morgan fingerprint density at radius 1 is 1.29 bits per heavy atom.